The summed E-state index contributed by atoms with van der Waals surface area (Å²) in [6.07, 6.45) is -2.18. The molecule has 0 radical (unpaired) electrons. The molecule has 0 spiro atoms. The van der Waals surface area contributed by atoms with Crippen LogP contribution in [0.2, 0.25) is 0 Å². The normalized spacial score (nSPS) is 29.5. The van der Waals surface area contributed by atoms with Gasteiger partial charge in [0.1, 0.15) is 24.6 Å². The first-order valence-corrected chi connectivity index (χ1v) is 10.7. The summed E-state index contributed by atoms with van der Waals surface area (Å²) in [6, 6.07) is 0. The summed E-state index contributed by atoms with van der Waals surface area (Å²) < 4.78 is 21.9. The Bertz CT molecular complexity index is 915. The van der Waals surface area contributed by atoms with E-state index in [1.165, 1.54) is 17.2 Å². The van der Waals surface area contributed by atoms with Crippen LogP contribution in [0.4, 0.5) is 5.82 Å². The highest BCUT2D eigenvalue weighted by atomic mass is 31.2. The van der Waals surface area contributed by atoms with Crippen molar-refractivity contribution in [3.63, 3.8) is 0 Å². The van der Waals surface area contributed by atoms with Gasteiger partial charge in [0.05, 0.1) is 6.33 Å². The molecule has 0 bridgehead atoms. The second-order valence-corrected chi connectivity index (χ2v) is 8.22. The van der Waals surface area contributed by atoms with E-state index in [-0.39, 0.29) is 0 Å². The summed E-state index contributed by atoms with van der Waals surface area (Å²) in [4.78, 5) is 32.6. The predicted molar refractivity (Wildman–Crippen MR) is 96.4 cm³/mol. The SMILES string of the molecule is O=P(O)(O)OC(O)[C@H]1O[C@@H](n2cnc3c(N4CCCCC4)ncnc32)[C@H](O)[C@@H]1O. The second kappa shape index (κ2) is 7.85. The second-order valence-electron chi connectivity index (χ2n) is 7.03. The van der Waals surface area contributed by atoms with Crippen molar-refractivity contribution in [1.82, 2.24) is 19.5 Å². The first-order valence-electron chi connectivity index (χ1n) is 9.12. The first kappa shape index (κ1) is 20.6. The van der Waals surface area contributed by atoms with Crippen LogP contribution < -0.4 is 4.90 Å². The molecule has 2 aromatic heterocycles. The third kappa shape index (κ3) is 4.00. The fourth-order valence-corrected chi connectivity index (χ4v) is 4.12. The van der Waals surface area contributed by atoms with Gasteiger partial charge in [-0.05, 0) is 19.3 Å². The molecule has 14 heteroatoms. The standard InChI is InChI=1S/C15H22N5O8P/c21-9-10(22)14(27-11(9)15(23)28-29(24,25)26)20-7-18-8-12(16-6-17-13(8)20)19-4-2-1-3-5-19/h6-7,9-11,14-15,21-23H,1-5H2,(H2,24,25,26)/t9-,10+,11-,14+,15?/m0/s1. The minimum Gasteiger partial charge on any atom is -0.387 e. The van der Waals surface area contributed by atoms with Crippen molar-refractivity contribution in [3.8, 4) is 0 Å². The molecule has 5 atom stereocenters. The van der Waals surface area contributed by atoms with Crippen molar-refractivity contribution >= 4 is 24.8 Å². The highest BCUT2D eigenvalue weighted by Gasteiger charge is 2.49. The van der Waals surface area contributed by atoms with Gasteiger partial charge in [-0.2, -0.15) is 0 Å². The number of fused-ring (bicyclic) bond motifs is 1. The van der Waals surface area contributed by atoms with Crippen LogP contribution >= 0.6 is 7.82 Å². The zero-order chi connectivity index (χ0) is 20.8. The number of phosphoric ester groups is 1. The molecule has 0 aliphatic carbocycles. The van der Waals surface area contributed by atoms with Gasteiger partial charge in [0.2, 0.25) is 0 Å². The number of piperidine rings is 1. The average Bonchev–Trinajstić information content (AvgIpc) is 3.23. The lowest BCUT2D eigenvalue weighted by molar-refractivity contribution is -0.161. The Kier molecular flexibility index (Phi) is 5.57. The van der Waals surface area contributed by atoms with Gasteiger partial charge in [-0.3, -0.25) is 9.09 Å². The van der Waals surface area contributed by atoms with Gasteiger partial charge in [0.15, 0.2) is 29.5 Å². The van der Waals surface area contributed by atoms with Crippen LogP contribution in [0, 0.1) is 0 Å². The van der Waals surface area contributed by atoms with Crippen LogP contribution in [-0.4, -0.2) is 82.3 Å². The summed E-state index contributed by atoms with van der Waals surface area (Å²) in [7, 11) is -5.03. The summed E-state index contributed by atoms with van der Waals surface area (Å²) in [5.41, 5.74) is 0.845. The predicted octanol–water partition coefficient (Wildman–Crippen LogP) is -1.14. The van der Waals surface area contributed by atoms with Crippen LogP contribution in [-0.2, 0) is 13.8 Å². The van der Waals surface area contributed by atoms with Crippen molar-refractivity contribution in [1.29, 1.82) is 0 Å². The van der Waals surface area contributed by atoms with Crippen LogP contribution in [0.3, 0.4) is 0 Å². The Morgan fingerprint density at radius 2 is 1.86 bits per heavy atom. The molecule has 4 rings (SSSR count). The van der Waals surface area contributed by atoms with Gasteiger partial charge in [-0.1, -0.05) is 0 Å². The van der Waals surface area contributed by atoms with Gasteiger partial charge >= 0.3 is 7.82 Å². The maximum atomic E-state index is 10.9. The maximum absolute atomic E-state index is 10.9. The van der Waals surface area contributed by atoms with Crippen LogP contribution in [0.5, 0.6) is 0 Å². The number of phosphoric acid groups is 1. The number of rotatable bonds is 5. The fraction of sp³-hybridized carbons (Fsp3) is 0.667. The lowest BCUT2D eigenvalue weighted by Gasteiger charge is -2.27. The zero-order valence-electron chi connectivity index (χ0n) is 15.2. The van der Waals surface area contributed by atoms with Gasteiger partial charge in [0, 0.05) is 13.1 Å². The van der Waals surface area contributed by atoms with Gasteiger partial charge < -0.3 is 34.7 Å². The molecule has 0 saturated carbocycles. The Labute approximate surface area is 164 Å². The molecule has 2 aromatic rings. The van der Waals surface area contributed by atoms with Gasteiger partial charge in [0.25, 0.3) is 0 Å². The number of aromatic nitrogens is 4. The number of hydrogen-bond acceptors (Lipinski definition) is 10. The third-order valence-electron chi connectivity index (χ3n) is 5.07. The largest absolute Gasteiger partial charge is 0.472 e. The number of anilines is 1. The number of hydrogen-bond donors (Lipinski definition) is 5. The lowest BCUT2D eigenvalue weighted by atomic mass is 10.1. The van der Waals surface area contributed by atoms with Crippen molar-refractivity contribution in [2.45, 2.75) is 50.1 Å². The molecule has 0 amide bonds. The molecule has 13 nitrogen and oxygen atoms in total. The van der Waals surface area contributed by atoms with E-state index in [0.717, 1.165) is 32.4 Å². The van der Waals surface area contributed by atoms with Crippen molar-refractivity contribution in [2.75, 3.05) is 18.0 Å². The monoisotopic (exact) mass is 431 g/mol. The molecular weight excluding hydrogens is 409 g/mol. The quantitative estimate of drug-likeness (QED) is 0.284. The molecular formula is C15H22N5O8P. The number of imidazole rings is 1. The summed E-state index contributed by atoms with van der Waals surface area (Å²) in [6.45, 7) is 1.68. The van der Waals surface area contributed by atoms with Crippen molar-refractivity contribution < 1.29 is 38.9 Å². The third-order valence-corrected chi connectivity index (χ3v) is 5.56. The van der Waals surface area contributed by atoms with Gasteiger partial charge in [-0.15, -0.1) is 0 Å². The summed E-state index contributed by atoms with van der Waals surface area (Å²) >= 11 is 0. The Morgan fingerprint density at radius 1 is 1.14 bits per heavy atom. The molecule has 2 aliphatic rings. The van der Waals surface area contributed by atoms with Crippen LogP contribution in [0.1, 0.15) is 25.5 Å². The van der Waals surface area contributed by atoms with E-state index in [2.05, 4.69) is 24.4 Å². The van der Waals surface area contributed by atoms with E-state index in [1.54, 1.807) is 0 Å². The van der Waals surface area contributed by atoms with Crippen molar-refractivity contribution in [3.05, 3.63) is 12.7 Å². The molecule has 2 saturated heterocycles. The first-order chi connectivity index (χ1) is 13.8. The van der Waals surface area contributed by atoms with E-state index in [9.17, 15) is 19.9 Å². The summed E-state index contributed by atoms with van der Waals surface area (Å²) in [5, 5.41) is 30.4. The molecule has 4 heterocycles. The Balaban J connectivity index is 1.62. The average molecular weight is 431 g/mol. The maximum Gasteiger partial charge on any atom is 0.472 e. The molecule has 1 unspecified atom stereocenters. The molecule has 5 N–H and O–H groups in total. The van der Waals surface area contributed by atoms with E-state index >= 15 is 0 Å². The zero-order valence-corrected chi connectivity index (χ0v) is 16.1. The summed E-state index contributed by atoms with van der Waals surface area (Å²) in [5.74, 6) is 0.655. The number of ether oxygens (including phenoxy) is 1. The van der Waals surface area contributed by atoms with E-state index < -0.39 is 38.7 Å². The van der Waals surface area contributed by atoms with Gasteiger partial charge in [-0.25, -0.2) is 19.5 Å². The molecule has 0 aromatic carbocycles. The smallest absolute Gasteiger partial charge is 0.387 e. The Hall–Kier alpha value is -1.70. The fourth-order valence-electron chi connectivity index (χ4n) is 3.71. The number of aliphatic hydroxyl groups is 3. The van der Waals surface area contributed by atoms with Crippen molar-refractivity contribution in [2.24, 2.45) is 0 Å². The topological polar surface area (TPSA) is 184 Å². The van der Waals surface area contributed by atoms with Crippen LogP contribution in [0.15, 0.2) is 12.7 Å². The molecule has 2 fully saturated rings. The number of nitrogens with zero attached hydrogens (tertiary/aromatic N) is 5. The highest BCUT2D eigenvalue weighted by molar-refractivity contribution is 7.46. The minimum atomic E-state index is -5.03. The number of aliphatic hydroxyl groups excluding tert-OH is 3. The van der Waals surface area contributed by atoms with Crippen LogP contribution in [0.25, 0.3) is 11.2 Å². The Morgan fingerprint density at radius 3 is 2.55 bits per heavy atom. The lowest BCUT2D eigenvalue weighted by Crippen LogP contribution is -2.39. The molecule has 29 heavy (non-hydrogen) atoms. The van der Waals surface area contributed by atoms with E-state index in [1.807, 2.05) is 0 Å². The van der Waals surface area contributed by atoms with E-state index in [0.29, 0.717) is 17.0 Å². The van der Waals surface area contributed by atoms with E-state index in [4.69, 9.17) is 14.5 Å². The molecule has 2 aliphatic heterocycles. The molecule has 160 valence electrons. The minimum absolute atomic E-state index is 0.350. The highest BCUT2D eigenvalue weighted by Crippen LogP contribution is 2.41.